The molecule has 4 radical (unpaired) electrons. The van der Waals surface area contributed by atoms with Crippen LogP contribution in [-0.2, 0) is 28.6 Å². The Morgan fingerprint density at radius 2 is 1.50 bits per heavy atom. The maximum Gasteiger partial charge on any atom is 0.507 e. The van der Waals surface area contributed by atoms with Crippen molar-refractivity contribution in [2.75, 3.05) is 66.3 Å². The first-order chi connectivity index (χ1) is 19.0. The fourth-order valence-corrected chi connectivity index (χ4v) is 13.1. The molecule has 1 rings (SSSR count). The van der Waals surface area contributed by atoms with Gasteiger partial charge >= 0.3 is 17.4 Å². The molecule has 0 saturated heterocycles. The van der Waals surface area contributed by atoms with Crippen molar-refractivity contribution in [3.63, 3.8) is 0 Å². The molecule has 1 aromatic carbocycles. The molecule has 0 aliphatic carbocycles. The van der Waals surface area contributed by atoms with E-state index in [1.54, 1.807) is 46.3 Å². The van der Waals surface area contributed by atoms with Crippen LogP contribution in [0.3, 0.4) is 0 Å². The second-order valence-electron chi connectivity index (χ2n) is 10.9. The van der Waals surface area contributed by atoms with Gasteiger partial charge in [-0.05, 0) is 68.3 Å². The van der Waals surface area contributed by atoms with Crippen LogP contribution >= 0.6 is 0 Å². The third kappa shape index (κ3) is 9.69. The Kier molecular flexibility index (Phi) is 17.5. The Bertz CT molecular complexity index is 858. The summed E-state index contributed by atoms with van der Waals surface area (Å²) in [5, 5.41) is 6.77. The average molecular weight is 643 g/mol. The molecule has 1 unspecified atom stereocenters. The zero-order valence-electron chi connectivity index (χ0n) is 27.8. The molecule has 1 atom stereocenters. The summed E-state index contributed by atoms with van der Waals surface area (Å²) in [5.74, 6) is 0. The minimum Gasteiger partial charge on any atom is -0.398 e. The van der Waals surface area contributed by atoms with E-state index in [1.165, 1.54) is 22.5 Å². The molecular formula is C28H58N2O5Si5. The first-order valence-corrected chi connectivity index (χ1v) is 25.4. The minimum absolute atomic E-state index is 0.0677. The zero-order chi connectivity index (χ0) is 30.5. The highest BCUT2D eigenvalue weighted by Crippen LogP contribution is 2.32. The van der Waals surface area contributed by atoms with Crippen molar-refractivity contribution < 1.29 is 22.1 Å². The summed E-state index contributed by atoms with van der Waals surface area (Å²) in [6.07, 6.45) is 3.30. The maximum atomic E-state index is 6.00. The summed E-state index contributed by atoms with van der Waals surface area (Å²) in [6, 6.07) is 4.76. The van der Waals surface area contributed by atoms with Gasteiger partial charge in [0.15, 0.2) is 0 Å². The zero-order valence-corrected chi connectivity index (χ0v) is 32.8. The van der Waals surface area contributed by atoms with Gasteiger partial charge < -0.3 is 32.3 Å². The lowest BCUT2D eigenvalue weighted by molar-refractivity contribution is 0.114. The van der Waals surface area contributed by atoms with Crippen LogP contribution in [0.2, 0.25) is 44.8 Å². The second kappa shape index (κ2) is 18.5. The van der Waals surface area contributed by atoms with Crippen molar-refractivity contribution in [2.45, 2.75) is 84.0 Å². The highest BCUT2D eigenvalue weighted by Gasteiger charge is 2.47. The standard InChI is InChI=1S/C28H58N2O5Si5/c1-14-30(15-2)27-24(17-19-36-22-29-18-16-20-39(13,31-4)32-5)26(37(9)10)21-25(28(27)38(11)12)23(3)40(33-6,34-7)35-8/h21,23,29H,14-20,22H2,1-13H3. The smallest absolute Gasteiger partial charge is 0.398 e. The third-order valence-corrected chi connectivity index (χ3v) is 18.3. The Balaban J connectivity index is 3.34. The number of nitrogens with one attached hydrogen (secondary N) is 1. The van der Waals surface area contributed by atoms with E-state index in [2.05, 4.69) is 69.8 Å². The molecule has 1 aromatic rings. The topological polar surface area (TPSA) is 61.4 Å². The molecule has 7 nitrogen and oxygen atoms in total. The van der Waals surface area contributed by atoms with E-state index >= 15 is 0 Å². The lowest BCUT2D eigenvalue weighted by Gasteiger charge is -2.37. The van der Waals surface area contributed by atoms with Crippen LogP contribution in [0, 0.1) is 0 Å². The Morgan fingerprint density at radius 1 is 0.925 bits per heavy atom. The van der Waals surface area contributed by atoms with Gasteiger partial charge in [0, 0.05) is 54.3 Å². The SMILES string of the molecule is CCN(CC)c1c(CC[Si]CNCCC[Si](C)(OC)OC)c([Si](C)C)cc(C(C)[Si](OC)(OC)OC)c1[Si](C)C. The van der Waals surface area contributed by atoms with Gasteiger partial charge in [-0.1, -0.05) is 50.4 Å². The molecule has 0 aliphatic heterocycles. The van der Waals surface area contributed by atoms with Crippen LogP contribution in [0.1, 0.15) is 43.9 Å². The molecule has 12 heteroatoms. The predicted octanol–water partition coefficient (Wildman–Crippen LogP) is 3.94. The van der Waals surface area contributed by atoms with Gasteiger partial charge in [-0.15, -0.1) is 0 Å². The average Bonchev–Trinajstić information content (AvgIpc) is 2.95. The first-order valence-electron chi connectivity index (χ1n) is 14.7. The molecule has 230 valence electrons. The Labute approximate surface area is 254 Å². The van der Waals surface area contributed by atoms with E-state index in [9.17, 15) is 0 Å². The molecule has 0 aromatic heterocycles. The van der Waals surface area contributed by atoms with E-state index in [0.29, 0.717) is 0 Å². The molecule has 0 saturated carbocycles. The lowest BCUT2D eigenvalue weighted by atomic mass is 10.0. The summed E-state index contributed by atoms with van der Waals surface area (Å²) >= 11 is 0. The molecule has 0 spiro atoms. The number of hydrogen-bond donors (Lipinski definition) is 1. The van der Waals surface area contributed by atoms with Crippen LogP contribution < -0.4 is 20.6 Å². The summed E-state index contributed by atoms with van der Waals surface area (Å²) in [7, 11) is 3.33. The number of rotatable bonds is 21. The molecule has 1 N–H and O–H groups in total. The summed E-state index contributed by atoms with van der Waals surface area (Å²) in [5.41, 5.74) is 4.54. The lowest BCUT2D eigenvalue weighted by Crippen LogP contribution is -2.52. The highest BCUT2D eigenvalue weighted by molar-refractivity contribution is 6.75. The molecule has 0 heterocycles. The monoisotopic (exact) mass is 642 g/mol. The number of hydrogen-bond acceptors (Lipinski definition) is 7. The van der Waals surface area contributed by atoms with Crippen molar-refractivity contribution in [1.82, 2.24) is 5.32 Å². The van der Waals surface area contributed by atoms with Crippen LogP contribution in [0.15, 0.2) is 6.07 Å². The van der Waals surface area contributed by atoms with Crippen molar-refractivity contribution >= 4 is 60.5 Å². The number of benzene rings is 1. The largest absolute Gasteiger partial charge is 0.507 e. The first kappa shape index (κ1) is 37.9. The summed E-state index contributed by atoms with van der Waals surface area (Å²) in [6.45, 7) is 21.7. The molecule has 40 heavy (non-hydrogen) atoms. The molecule has 0 fully saturated rings. The quantitative estimate of drug-likeness (QED) is 0.161. The van der Waals surface area contributed by atoms with Gasteiger partial charge in [0.05, 0.1) is 32.7 Å². The van der Waals surface area contributed by atoms with Gasteiger partial charge in [0.2, 0.25) is 0 Å². The normalized spacial score (nSPS) is 13.5. The van der Waals surface area contributed by atoms with Crippen molar-refractivity contribution in [3.8, 4) is 0 Å². The van der Waals surface area contributed by atoms with Crippen molar-refractivity contribution in [2.24, 2.45) is 0 Å². The van der Waals surface area contributed by atoms with E-state index in [0.717, 1.165) is 54.2 Å². The highest BCUT2D eigenvalue weighted by atomic mass is 28.4. The van der Waals surface area contributed by atoms with E-state index in [-0.39, 0.29) is 5.54 Å². The van der Waals surface area contributed by atoms with Crippen LogP contribution in [0.4, 0.5) is 5.69 Å². The van der Waals surface area contributed by atoms with Gasteiger partial charge in [-0.2, -0.15) is 0 Å². The molecular weight excluding hydrogens is 585 g/mol. The van der Waals surface area contributed by atoms with E-state index in [4.69, 9.17) is 22.1 Å². The van der Waals surface area contributed by atoms with Crippen molar-refractivity contribution in [1.29, 1.82) is 0 Å². The summed E-state index contributed by atoms with van der Waals surface area (Å²) < 4.78 is 29.3. The van der Waals surface area contributed by atoms with Crippen LogP contribution in [0.25, 0.3) is 0 Å². The van der Waals surface area contributed by atoms with Crippen LogP contribution in [-0.4, -0.2) is 106 Å². The Morgan fingerprint density at radius 3 is 1.95 bits per heavy atom. The molecule has 0 aliphatic rings. The summed E-state index contributed by atoms with van der Waals surface area (Å²) in [4.78, 5) is 2.61. The van der Waals surface area contributed by atoms with Gasteiger partial charge in [-0.25, -0.2) is 0 Å². The minimum atomic E-state index is -2.87. The molecule has 0 bridgehead atoms. The maximum absolute atomic E-state index is 6.00. The fourth-order valence-electron chi connectivity index (χ4n) is 5.46. The van der Waals surface area contributed by atoms with E-state index in [1.807, 2.05) is 0 Å². The van der Waals surface area contributed by atoms with Crippen LogP contribution in [0.5, 0.6) is 0 Å². The fraction of sp³-hybridized carbons (Fsp3) is 0.786. The Hall–Kier alpha value is -0.136. The van der Waals surface area contributed by atoms with Gasteiger partial charge in [0.25, 0.3) is 0 Å². The van der Waals surface area contributed by atoms with E-state index < -0.39 is 35.0 Å². The predicted molar refractivity (Wildman–Crippen MR) is 182 cm³/mol. The van der Waals surface area contributed by atoms with Gasteiger partial charge in [0.1, 0.15) is 0 Å². The number of anilines is 1. The van der Waals surface area contributed by atoms with Crippen molar-refractivity contribution in [3.05, 3.63) is 17.2 Å². The third-order valence-electron chi connectivity index (χ3n) is 8.05. The molecule has 0 amide bonds. The second-order valence-corrected chi connectivity index (χ2v) is 24.2. The van der Waals surface area contributed by atoms with Gasteiger partial charge in [-0.3, -0.25) is 0 Å². The number of nitrogens with zero attached hydrogens (tertiary/aromatic N) is 1.